The Bertz CT molecular complexity index is 341. The van der Waals surface area contributed by atoms with Gasteiger partial charge in [-0.05, 0) is 38.9 Å². The third kappa shape index (κ3) is 4.02. The molecule has 0 saturated heterocycles. The highest BCUT2D eigenvalue weighted by molar-refractivity contribution is 5.26. The molecule has 0 N–H and O–H groups in total. The molecule has 1 aromatic carbocycles. The topological polar surface area (TPSA) is 12.5 Å². The van der Waals surface area contributed by atoms with Crippen molar-refractivity contribution in [1.29, 1.82) is 0 Å². The molecule has 1 fully saturated rings. The van der Waals surface area contributed by atoms with Crippen LogP contribution in [0.1, 0.15) is 37.7 Å². The molecule has 2 heteroatoms. The van der Waals surface area contributed by atoms with E-state index in [4.69, 9.17) is 4.74 Å². The molecule has 0 spiro atoms. The second-order valence-corrected chi connectivity index (χ2v) is 5.43. The Morgan fingerprint density at radius 2 is 1.78 bits per heavy atom. The molecule has 18 heavy (non-hydrogen) atoms. The van der Waals surface area contributed by atoms with Crippen LogP contribution in [-0.4, -0.2) is 31.1 Å². The molecule has 0 aromatic heterocycles. The minimum Gasteiger partial charge on any atom is -0.492 e. The van der Waals surface area contributed by atoms with E-state index >= 15 is 0 Å². The summed E-state index contributed by atoms with van der Waals surface area (Å²) in [5, 5.41) is 0. The summed E-state index contributed by atoms with van der Waals surface area (Å²) in [6, 6.07) is 9.08. The summed E-state index contributed by atoms with van der Waals surface area (Å²) in [6.07, 6.45) is 6.94. The van der Waals surface area contributed by atoms with Crippen LogP contribution in [0.5, 0.6) is 5.75 Å². The molecule has 0 unspecified atom stereocenters. The van der Waals surface area contributed by atoms with Gasteiger partial charge in [0, 0.05) is 12.6 Å². The lowest BCUT2D eigenvalue weighted by molar-refractivity contribution is 0.160. The van der Waals surface area contributed by atoms with E-state index in [0.29, 0.717) is 0 Å². The molecule has 1 aliphatic carbocycles. The Kier molecular flexibility index (Phi) is 5.06. The van der Waals surface area contributed by atoms with Gasteiger partial charge < -0.3 is 9.64 Å². The molecule has 0 amide bonds. The molecule has 0 heterocycles. The van der Waals surface area contributed by atoms with E-state index in [1.54, 1.807) is 0 Å². The summed E-state index contributed by atoms with van der Waals surface area (Å²) in [7, 11) is 2.23. The predicted octanol–water partition coefficient (Wildman–Crippen LogP) is 3.64. The minimum atomic E-state index is 0.778. The number of rotatable bonds is 5. The summed E-state index contributed by atoms with van der Waals surface area (Å²) in [4.78, 5) is 2.47. The van der Waals surface area contributed by atoms with Crippen LogP contribution in [0, 0.1) is 6.92 Å². The van der Waals surface area contributed by atoms with E-state index in [1.807, 2.05) is 0 Å². The molecular weight excluding hydrogens is 222 g/mol. The largest absolute Gasteiger partial charge is 0.492 e. The molecule has 0 aliphatic heterocycles. The highest BCUT2D eigenvalue weighted by Crippen LogP contribution is 2.21. The number of hydrogen-bond donors (Lipinski definition) is 0. The van der Waals surface area contributed by atoms with Crippen LogP contribution < -0.4 is 4.74 Å². The third-order valence-electron chi connectivity index (χ3n) is 3.93. The highest BCUT2D eigenvalue weighted by Gasteiger charge is 2.17. The van der Waals surface area contributed by atoms with Crippen molar-refractivity contribution in [2.45, 2.75) is 45.1 Å². The molecule has 2 nitrogen and oxygen atoms in total. The first-order valence-corrected chi connectivity index (χ1v) is 7.15. The standard InChI is InChI=1S/C16H25NO/c1-14-8-10-16(11-9-14)18-13-12-17(2)15-6-4-3-5-7-15/h8-11,15H,3-7,12-13H2,1-2H3. The van der Waals surface area contributed by atoms with Crippen LogP contribution in [0.3, 0.4) is 0 Å². The monoisotopic (exact) mass is 247 g/mol. The molecule has 2 rings (SSSR count). The first-order valence-electron chi connectivity index (χ1n) is 7.15. The van der Waals surface area contributed by atoms with Gasteiger partial charge in [-0.25, -0.2) is 0 Å². The van der Waals surface area contributed by atoms with Gasteiger partial charge in [0.15, 0.2) is 0 Å². The van der Waals surface area contributed by atoms with Crippen LogP contribution in [0.4, 0.5) is 0 Å². The number of hydrogen-bond acceptors (Lipinski definition) is 2. The summed E-state index contributed by atoms with van der Waals surface area (Å²) in [6.45, 7) is 3.91. The van der Waals surface area contributed by atoms with Crippen molar-refractivity contribution in [2.75, 3.05) is 20.2 Å². The van der Waals surface area contributed by atoms with E-state index in [-0.39, 0.29) is 0 Å². The zero-order chi connectivity index (χ0) is 12.8. The molecule has 0 radical (unpaired) electrons. The van der Waals surface area contributed by atoms with Gasteiger partial charge in [-0.15, -0.1) is 0 Å². The molecular formula is C16H25NO. The summed E-state index contributed by atoms with van der Waals surface area (Å²) < 4.78 is 5.78. The number of nitrogens with zero attached hydrogens (tertiary/aromatic N) is 1. The van der Waals surface area contributed by atoms with Gasteiger partial charge in [0.2, 0.25) is 0 Å². The van der Waals surface area contributed by atoms with E-state index in [9.17, 15) is 0 Å². The van der Waals surface area contributed by atoms with Crippen molar-refractivity contribution < 1.29 is 4.74 Å². The summed E-state index contributed by atoms with van der Waals surface area (Å²) in [5.74, 6) is 0.984. The maximum atomic E-state index is 5.78. The van der Waals surface area contributed by atoms with Gasteiger partial charge in [0.1, 0.15) is 12.4 Å². The van der Waals surface area contributed by atoms with Gasteiger partial charge >= 0.3 is 0 Å². The maximum Gasteiger partial charge on any atom is 0.119 e. The Morgan fingerprint density at radius 3 is 2.44 bits per heavy atom. The SMILES string of the molecule is Cc1ccc(OCCN(C)C2CCCCC2)cc1. The highest BCUT2D eigenvalue weighted by atomic mass is 16.5. The van der Waals surface area contributed by atoms with Gasteiger partial charge in [-0.2, -0.15) is 0 Å². The Labute approximate surface area is 111 Å². The van der Waals surface area contributed by atoms with Crippen molar-refractivity contribution in [3.8, 4) is 5.75 Å². The zero-order valence-electron chi connectivity index (χ0n) is 11.7. The molecule has 0 bridgehead atoms. The predicted molar refractivity (Wildman–Crippen MR) is 76.2 cm³/mol. The van der Waals surface area contributed by atoms with E-state index < -0.39 is 0 Å². The summed E-state index contributed by atoms with van der Waals surface area (Å²) >= 11 is 0. The lowest BCUT2D eigenvalue weighted by Crippen LogP contribution is -2.36. The van der Waals surface area contributed by atoms with Crippen molar-refractivity contribution in [3.05, 3.63) is 29.8 Å². The number of benzene rings is 1. The maximum absolute atomic E-state index is 5.78. The number of likely N-dealkylation sites (N-methyl/N-ethyl adjacent to an activating group) is 1. The molecule has 100 valence electrons. The molecule has 0 atom stereocenters. The number of aryl methyl sites for hydroxylation is 1. The molecule has 1 aromatic rings. The third-order valence-corrected chi connectivity index (χ3v) is 3.93. The van der Waals surface area contributed by atoms with Crippen molar-refractivity contribution in [3.63, 3.8) is 0 Å². The van der Waals surface area contributed by atoms with Gasteiger partial charge in [-0.1, -0.05) is 37.0 Å². The fourth-order valence-electron chi connectivity index (χ4n) is 2.65. The van der Waals surface area contributed by atoms with E-state index in [2.05, 4.69) is 43.1 Å². The van der Waals surface area contributed by atoms with Crippen LogP contribution in [0.25, 0.3) is 0 Å². The van der Waals surface area contributed by atoms with Crippen LogP contribution in [-0.2, 0) is 0 Å². The normalized spacial score (nSPS) is 17.1. The van der Waals surface area contributed by atoms with Crippen LogP contribution >= 0.6 is 0 Å². The van der Waals surface area contributed by atoms with Crippen molar-refractivity contribution >= 4 is 0 Å². The second kappa shape index (κ2) is 6.79. The molecule has 1 aliphatic rings. The minimum absolute atomic E-state index is 0.778. The second-order valence-electron chi connectivity index (χ2n) is 5.43. The first kappa shape index (κ1) is 13.4. The lowest BCUT2D eigenvalue weighted by Gasteiger charge is -2.31. The lowest BCUT2D eigenvalue weighted by atomic mass is 9.94. The Morgan fingerprint density at radius 1 is 1.11 bits per heavy atom. The fourth-order valence-corrected chi connectivity index (χ4v) is 2.65. The molecule has 1 saturated carbocycles. The summed E-state index contributed by atoms with van der Waals surface area (Å²) in [5.41, 5.74) is 1.28. The van der Waals surface area contributed by atoms with Crippen LogP contribution in [0.2, 0.25) is 0 Å². The smallest absolute Gasteiger partial charge is 0.119 e. The average Bonchev–Trinajstić information content (AvgIpc) is 2.42. The zero-order valence-corrected chi connectivity index (χ0v) is 11.7. The quantitative estimate of drug-likeness (QED) is 0.787. The van der Waals surface area contributed by atoms with Gasteiger partial charge in [-0.3, -0.25) is 0 Å². The van der Waals surface area contributed by atoms with Gasteiger partial charge in [0.25, 0.3) is 0 Å². The van der Waals surface area contributed by atoms with Crippen molar-refractivity contribution in [1.82, 2.24) is 4.90 Å². The van der Waals surface area contributed by atoms with E-state index in [1.165, 1.54) is 37.7 Å². The van der Waals surface area contributed by atoms with E-state index in [0.717, 1.165) is 24.9 Å². The fraction of sp³-hybridized carbons (Fsp3) is 0.625. The van der Waals surface area contributed by atoms with Crippen LogP contribution in [0.15, 0.2) is 24.3 Å². The average molecular weight is 247 g/mol. The first-order chi connectivity index (χ1) is 8.75. The Balaban J connectivity index is 1.69. The van der Waals surface area contributed by atoms with Crippen molar-refractivity contribution in [2.24, 2.45) is 0 Å². The van der Waals surface area contributed by atoms with Gasteiger partial charge in [0.05, 0.1) is 0 Å². The Hall–Kier alpha value is -1.02. The number of ether oxygens (including phenoxy) is 1.